The van der Waals surface area contributed by atoms with E-state index in [-0.39, 0.29) is 11.8 Å². The predicted octanol–water partition coefficient (Wildman–Crippen LogP) is 2.52. The maximum absolute atomic E-state index is 12.5. The van der Waals surface area contributed by atoms with Crippen LogP contribution in [0.2, 0.25) is 0 Å². The first-order valence-corrected chi connectivity index (χ1v) is 5.81. The highest BCUT2D eigenvalue weighted by molar-refractivity contribution is 5.78. The van der Waals surface area contributed by atoms with Gasteiger partial charge < -0.3 is 14.2 Å². The monoisotopic (exact) mass is 306 g/mol. The van der Waals surface area contributed by atoms with Crippen molar-refractivity contribution >= 4 is 5.97 Å². The Bertz CT molecular complexity index is 343. The van der Waals surface area contributed by atoms with Gasteiger partial charge in [0.15, 0.2) is 6.29 Å². The van der Waals surface area contributed by atoms with Crippen LogP contribution < -0.4 is 0 Å². The van der Waals surface area contributed by atoms with Crippen molar-refractivity contribution in [2.45, 2.75) is 38.7 Å². The lowest BCUT2D eigenvalue weighted by Gasteiger charge is -2.34. The molecule has 118 valence electrons. The molecule has 1 aliphatic heterocycles. The van der Waals surface area contributed by atoms with Crippen molar-refractivity contribution in [3.8, 4) is 0 Å². The Morgan fingerprint density at radius 2 is 1.70 bits per heavy atom. The molecule has 4 nitrogen and oxygen atoms in total. The van der Waals surface area contributed by atoms with Crippen LogP contribution in [0.15, 0.2) is 0 Å². The first kappa shape index (κ1) is 17.1. The molecule has 0 atom stereocenters. The summed E-state index contributed by atoms with van der Waals surface area (Å²) in [6.07, 6.45) is -6.86. The molecule has 0 aromatic rings. The van der Waals surface area contributed by atoms with E-state index in [1.165, 1.54) is 0 Å². The number of carbonyl (C=O) groups is 1. The highest BCUT2D eigenvalue weighted by atomic mass is 19.4. The molecule has 0 amide bonds. The average molecular weight is 306 g/mol. The summed E-state index contributed by atoms with van der Waals surface area (Å²) in [6.45, 7) is 3.82. The first-order chi connectivity index (χ1) is 8.96. The van der Waals surface area contributed by atoms with Crippen molar-refractivity contribution in [2.24, 2.45) is 5.41 Å². The van der Waals surface area contributed by atoms with Crippen LogP contribution in [-0.2, 0) is 19.0 Å². The third-order valence-corrected chi connectivity index (χ3v) is 2.52. The highest BCUT2D eigenvalue weighted by Crippen LogP contribution is 2.36. The smallest absolute Gasteiger partial charge is 0.461 e. The molecule has 0 N–H and O–H groups in total. The Kier molecular flexibility index (Phi) is 4.96. The molecule has 1 rings (SSSR count). The fourth-order valence-corrected chi connectivity index (χ4v) is 1.35. The second kappa shape index (κ2) is 5.80. The summed E-state index contributed by atoms with van der Waals surface area (Å²) in [7, 11) is 0. The molecule has 20 heavy (non-hydrogen) atoms. The number of esters is 1. The van der Waals surface area contributed by atoms with Gasteiger partial charge in [0.2, 0.25) is 0 Å². The highest BCUT2D eigenvalue weighted by Gasteiger charge is 2.64. The predicted molar refractivity (Wildman–Crippen MR) is 56.1 cm³/mol. The Labute approximate surface area is 112 Å². The number of alkyl halides is 5. The zero-order chi connectivity index (χ0) is 15.6. The van der Waals surface area contributed by atoms with Crippen LogP contribution in [0.3, 0.4) is 0 Å². The second-order valence-corrected chi connectivity index (χ2v) is 5.21. The molecule has 1 fully saturated rings. The first-order valence-electron chi connectivity index (χ1n) is 5.81. The number of hydrogen-bond acceptors (Lipinski definition) is 4. The average Bonchev–Trinajstić information content (AvgIpc) is 2.29. The quantitative estimate of drug-likeness (QED) is 0.591. The molecule has 0 unspecified atom stereocenters. The lowest BCUT2D eigenvalue weighted by atomic mass is 9.95. The van der Waals surface area contributed by atoms with Crippen molar-refractivity contribution in [1.29, 1.82) is 0 Å². The molecular formula is C11H15F5O4. The third-order valence-electron chi connectivity index (χ3n) is 2.52. The summed E-state index contributed by atoms with van der Waals surface area (Å²) >= 11 is 0. The minimum absolute atomic E-state index is 0.115. The van der Waals surface area contributed by atoms with E-state index in [0.717, 1.165) is 0 Å². The van der Waals surface area contributed by atoms with E-state index in [4.69, 9.17) is 9.47 Å². The Morgan fingerprint density at radius 3 is 2.15 bits per heavy atom. The summed E-state index contributed by atoms with van der Waals surface area (Å²) < 4.78 is 74.9. The normalized spacial score (nSPS) is 20.8. The molecule has 9 heteroatoms. The van der Waals surface area contributed by atoms with E-state index in [1.807, 2.05) is 13.8 Å². The molecule has 1 aliphatic rings. The second-order valence-electron chi connectivity index (χ2n) is 5.21. The lowest BCUT2D eigenvalue weighted by molar-refractivity contribution is -0.281. The zero-order valence-electron chi connectivity index (χ0n) is 10.9. The van der Waals surface area contributed by atoms with Crippen LogP contribution in [0.25, 0.3) is 0 Å². The van der Waals surface area contributed by atoms with Crippen LogP contribution in [0.5, 0.6) is 0 Å². The molecule has 0 saturated carbocycles. The van der Waals surface area contributed by atoms with Gasteiger partial charge in [0.1, 0.15) is 0 Å². The van der Waals surface area contributed by atoms with E-state index in [1.54, 1.807) is 0 Å². The van der Waals surface area contributed by atoms with Gasteiger partial charge in [-0.05, 0) is 0 Å². The Morgan fingerprint density at radius 1 is 1.20 bits per heavy atom. The van der Waals surface area contributed by atoms with E-state index in [2.05, 4.69) is 4.74 Å². The van der Waals surface area contributed by atoms with Crippen molar-refractivity contribution in [3.63, 3.8) is 0 Å². The minimum atomic E-state index is -5.97. The topological polar surface area (TPSA) is 44.8 Å². The van der Waals surface area contributed by atoms with E-state index in [9.17, 15) is 26.7 Å². The standard InChI is InChI=1S/C11H15F5O4/c1-9(2)5-19-7(20-6-9)3-4-18-8(17)10(12,13)11(14,15)16/h7H,3-6H2,1-2H3. The molecule has 0 radical (unpaired) electrons. The molecule has 0 aliphatic carbocycles. The van der Waals surface area contributed by atoms with Gasteiger partial charge in [-0.3, -0.25) is 0 Å². The van der Waals surface area contributed by atoms with Gasteiger partial charge in [-0.25, -0.2) is 4.79 Å². The van der Waals surface area contributed by atoms with Gasteiger partial charge >= 0.3 is 18.1 Å². The third kappa shape index (κ3) is 4.27. The van der Waals surface area contributed by atoms with Crippen LogP contribution in [0.4, 0.5) is 22.0 Å². The number of ether oxygens (including phenoxy) is 3. The molecule has 0 spiro atoms. The van der Waals surface area contributed by atoms with E-state index < -0.39 is 31.0 Å². The van der Waals surface area contributed by atoms with Gasteiger partial charge in [0.05, 0.1) is 19.8 Å². The van der Waals surface area contributed by atoms with Crippen LogP contribution in [-0.4, -0.2) is 44.2 Å². The van der Waals surface area contributed by atoms with Gasteiger partial charge in [0, 0.05) is 11.8 Å². The van der Waals surface area contributed by atoms with Crippen molar-refractivity contribution < 1.29 is 41.0 Å². The fraction of sp³-hybridized carbons (Fsp3) is 0.909. The largest absolute Gasteiger partial charge is 0.465 e. The molecular weight excluding hydrogens is 291 g/mol. The minimum Gasteiger partial charge on any atom is -0.461 e. The van der Waals surface area contributed by atoms with Crippen molar-refractivity contribution in [3.05, 3.63) is 0 Å². The maximum Gasteiger partial charge on any atom is 0.465 e. The number of rotatable bonds is 4. The van der Waals surface area contributed by atoms with Crippen LogP contribution >= 0.6 is 0 Å². The Balaban J connectivity index is 2.33. The lowest BCUT2D eigenvalue weighted by Crippen LogP contribution is -2.45. The fourth-order valence-electron chi connectivity index (χ4n) is 1.35. The van der Waals surface area contributed by atoms with Gasteiger partial charge in [-0.15, -0.1) is 0 Å². The molecule has 1 saturated heterocycles. The number of halogens is 5. The van der Waals surface area contributed by atoms with Gasteiger partial charge in [-0.2, -0.15) is 22.0 Å². The summed E-state index contributed by atoms with van der Waals surface area (Å²) in [5, 5.41) is 0. The molecule has 0 bridgehead atoms. The zero-order valence-corrected chi connectivity index (χ0v) is 10.9. The Hall–Kier alpha value is -0.960. The summed E-state index contributed by atoms with van der Waals surface area (Å²) in [5.41, 5.74) is -0.198. The van der Waals surface area contributed by atoms with E-state index in [0.29, 0.717) is 13.2 Å². The molecule has 1 heterocycles. The van der Waals surface area contributed by atoms with E-state index >= 15 is 0 Å². The van der Waals surface area contributed by atoms with Crippen molar-refractivity contribution in [2.75, 3.05) is 19.8 Å². The molecule has 0 aromatic heterocycles. The van der Waals surface area contributed by atoms with Crippen molar-refractivity contribution in [1.82, 2.24) is 0 Å². The van der Waals surface area contributed by atoms with Gasteiger partial charge in [-0.1, -0.05) is 13.8 Å². The number of carbonyl (C=O) groups excluding carboxylic acids is 1. The summed E-state index contributed by atoms with van der Waals surface area (Å²) in [5.74, 6) is -8.13. The SMILES string of the molecule is CC1(C)COC(CCOC(=O)C(F)(F)C(F)(F)F)OC1. The van der Waals surface area contributed by atoms with Gasteiger partial charge in [0.25, 0.3) is 0 Å². The maximum atomic E-state index is 12.5. The van der Waals surface area contributed by atoms with Crippen LogP contribution in [0.1, 0.15) is 20.3 Å². The number of hydrogen-bond donors (Lipinski definition) is 0. The van der Waals surface area contributed by atoms with Crippen LogP contribution in [0, 0.1) is 5.41 Å². The summed E-state index contributed by atoms with van der Waals surface area (Å²) in [6, 6.07) is 0. The molecule has 0 aromatic carbocycles. The summed E-state index contributed by atoms with van der Waals surface area (Å²) in [4.78, 5) is 10.7.